The number of methoxy groups -OCH3 is 1. The van der Waals surface area contributed by atoms with Gasteiger partial charge in [0.2, 0.25) is 0 Å². The van der Waals surface area contributed by atoms with Gasteiger partial charge in [-0.2, -0.15) is 0 Å². The lowest BCUT2D eigenvalue weighted by atomic mass is 10.6. The topological polar surface area (TPSA) is 59.6 Å². The van der Waals surface area contributed by atoms with E-state index in [4.69, 9.17) is 4.74 Å². The number of carbonyl (C=O) groups excluding carboxylic acids is 1. The molecule has 0 heterocycles. The number of likely N-dealkylation sites (N-methyl/N-ethyl adjacent to an activating group) is 1. The summed E-state index contributed by atoms with van der Waals surface area (Å²) in [6.07, 6.45) is 0. The fourth-order valence-corrected chi connectivity index (χ4v) is 0.697. The van der Waals surface area contributed by atoms with Gasteiger partial charge in [-0.3, -0.25) is 0 Å². The van der Waals surface area contributed by atoms with Gasteiger partial charge in [-0.15, -0.1) is 0 Å². The van der Waals surface area contributed by atoms with Crippen molar-refractivity contribution in [3.63, 3.8) is 0 Å². The van der Waals surface area contributed by atoms with Crippen molar-refractivity contribution in [1.29, 1.82) is 0 Å². The van der Waals surface area contributed by atoms with Gasteiger partial charge in [0.05, 0.1) is 13.7 Å². The second-order valence-electron chi connectivity index (χ2n) is 2.48. The van der Waals surface area contributed by atoms with E-state index in [2.05, 4.69) is 15.4 Å². The highest BCUT2D eigenvalue weighted by molar-refractivity contribution is 5.70. The van der Waals surface area contributed by atoms with Crippen LogP contribution < -0.4 is 10.6 Å². The second-order valence-corrected chi connectivity index (χ2v) is 2.48. The molecule has 5 heteroatoms. The molecule has 0 saturated carbocycles. The van der Waals surface area contributed by atoms with Crippen molar-refractivity contribution in [2.75, 3.05) is 47.0 Å². The highest BCUT2D eigenvalue weighted by atomic mass is 16.6. The second kappa shape index (κ2) is 9.44. The van der Waals surface area contributed by atoms with Crippen molar-refractivity contribution in [2.24, 2.45) is 0 Å². The van der Waals surface area contributed by atoms with Crippen LogP contribution in [0.1, 0.15) is 0 Å². The van der Waals surface area contributed by atoms with Crippen molar-refractivity contribution in [2.45, 2.75) is 0 Å². The summed E-state index contributed by atoms with van der Waals surface area (Å²) >= 11 is 0. The number of esters is 1. The van der Waals surface area contributed by atoms with Crippen LogP contribution in [-0.4, -0.2) is 53.0 Å². The van der Waals surface area contributed by atoms with Gasteiger partial charge >= 0.3 is 5.97 Å². The number of rotatable bonds is 8. The maximum Gasteiger partial charge on any atom is 0.331 e. The van der Waals surface area contributed by atoms with Gasteiger partial charge in [0.1, 0.15) is 6.61 Å². The van der Waals surface area contributed by atoms with E-state index in [1.807, 2.05) is 7.05 Å². The van der Waals surface area contributed by atoms with Crippen LogP contribution in [-0.2, 0) is 14.3 Å². The third-order valence-electron chi connectivity index (χ3n) is 1.42. The lowest BCUT2D eigenvalue weighted by Crippen LogP contribution is -2.28. The summed E-state index contributed by atoms with van der Waals surface area (Å²) in [7, 11) is 3.24. The lowest BCUT2D eigenvalue weighted by molar-refractivity contribution is -0.145. The molecule has 0 radical (unpaired) electrons. The molecule has 5 nitrogen and oxygen atoms in total. The van der Waals surface area contributed by atoms with Crippen molar-refractivity contribution in [1.82, 2.24) is 10.6 Å². The molecule has 0 unspecified atom stereocenters. The standard InChI is InChI=1S/C8H18N2O3/c1-9-3-4-10-5-6-13-7-8(11)12-2/h9-10H,3-7H2,1-2H3. The molecule has 13 heavy (non-hydrogen) atoms. The van der Waals surface area contributed by atoms with E-state index in [-0.39, 0.29) is 12.6 Å². The lowest BCUT2D eigenvalue weighted by Gasteiger charge is -2.04. The zero-order chi connectivity index (χ0) is 9.94. The third-order valence-corrected chi connectivity index (χ3v) is 1.42. The Hall–Kier alpha value is -0.650. The quantitative estimate of drug-likeness (QED) is 0.379. The highest BCUT2D eigenvalue weighted by Gasteiger charge is 1.97. The predicted molar refractivity (Wildman–Crippen MR) is 49.6 cm³/mol. The van der Waals surface area contributed by atoms with Gasteiger partial charge in [0, 0.05) is 19.6 Å². The van der Waals surface area contributed by atoms with Crippen molar-refractivity contribution >= 4 is 5.97 Å². The summed E-state index contributed by atoms with van der Waals surface area (Å²) in [6.45, 7) is 3.14. The van der Waals surface area contributed by atoms with Gasteiger partial charge in [0.15, 0.2) is 0 Å². The van der Waals surface area contributed by atoms with Crippen LogP contribution in [0.15, 0.2) is 0 Å². The molecule has 0 aliphatic carbocycles. The molecular weight excluding hydrogens is 172 g/mol. The minimum Gasteiger partial charge on any atom is -0.467 e. The normalized spacial score (nSPS) is 10.0. The van der Waals surface area contributed by atoms with E-state index < -0.39 is 0 Å². The smallest absolute Gasteiger partial charge is 0.331 e. The predicted octanol–water partition coefficient (Wildman–Crippen LogP) is -1.01. The fourth-order valence-electron chi connectivity index (χ4n) is 0.697. The molecule has 0 fully saturated rings. The van der Waals surface area contributed by atoms with E-state index in [0.717, 1.165) is 19.6 Å². The molecule has 0 amide bonds. The molecule has 0 aliphatic heterocycles. The van der Waals surface area contributed by atoms with Crippen LogP contribution in [0.2, 0.25) is 0 Å². The molecular formula is C8H18N2O3. The summed E-state index contributed by atoms with van der Waals surface area (Å²) < 4.78 is 9.41. The SMILES string of the molecule is CNCCNCCOCC(=O)OC. The number of nitrogens with one attached hydrogen (secondary N) is 2. The Labute approximate surface area is 78.8 Å². The van der Waals surface area contributed by atoms with E-state index in [1.165, 1.54) is 7.11 Å². The van der Waals surface area contributed by atoms with E-state index in [0.29, 0.717) is 6.61 Å². The first-order chi connectivity index (χ1) is 6.31. The molecule has 78 valence electrons. The van der Waals surface area contributed by atoms with Gasteiger partial charge in [-0.05, 0) is 7.05 Å². The van der Waals surface area contributed by atoms with Crippen LogP contribution >= 0.6 is 0 Å². The average Bonchev–Trinajstić information content (AvgIpc) is 2.16. The first kappa shape index (κ1) is 12.3. The van der Waals surface area contributed by atoms with Crippen molar-refractivity contribution in [3.05, 3.63) is 0 Å². The molecule has 0 spiro atoms. The first-order valence-corrected chi connectivity index (χ1v) is 4.31. The molecule has 0 atom stereocenters. The Morgan fingerprint density at radius 3 is 2.69 bits per heavy atom. The molecule has 0 aliphatic rings. The Bertz CT molecular complexity index is 131. The molecule has 0 rings (SSSR count). The van der Waals surface area contributed by atoms with E-state index in [1.54, 1.807) is 0 Å². The summed E-state index contributed by atoms with van der Waals surface area (Å²) in [5, 5.41) is 6.15. The number of hydrogen-bond donors (Lipinski definition) is 2. The van der Waals surface area contributed by atoms with Crippen LogP contribution in [0, 0.1) is 0 Å². The number of ether oxygens (including phenoxy) is 2. The monoisotopic (exact) mass is 190 g/mol. The number of carbonyl (C=O) groups is 1. The zero-order valence-corrected chi connectivity index (χ0v) is 8.26. The molecule has 0 aromatic rings. The highest BCUT2D eigenvalue weighted by Crippen LogP contribution is 1.77. The molecule has 0 bridgehead atoms. The van der Waals surface area contributed by atoms with Gasteiger partial charge in [-0.25, -0.2) is 4.79 Å². The summed E-state index contributed by atoms with van der Waals surface area (Å²) in [4.78, 5) is 10.6. The van der Waals surface area contributed by atoms with E-state index in [9.17, 15) is 4.79 Å². The summed E-state index contributed by atoms with van der Waals surface area (Å²) in [5.74, 6) is -0.338. The van der Waals surface area contributed by atoms with Crippen LogP contribution in [0.25, 0.3) is 0 Å². The van der Waals surface area contributed by atoms with E-state index >= 15 is 0 Å². The fraction of sp³-hybridized carbons (Fsp3) is 0.875. The van der Waals surface area contributed by atoms with Crippen LogP contribution in [0.5, 0.6) is 0 Å². The van der Waals surface area contributed by atoms with Gasteiger partial charge < -0.3 is 20.1 Å². The summed E-state index contributed by atoms with van der Waals surface area (Å²) in [5.41, 5.74) is 0. The zero-order valence-electron chi connectivity index (χ0n) is 8.26. The Kier molecular flexibility index (Phi) is 8.97. The third kappa shape index (κ3) is 9.26. The minimum atomic E-state index is -0.338. The molecule has 0 aromatic carbocycles. The van der Waals surface area contributed by atoms with Gasteiger partial charge in [-0.1, -0.05) is 0 Å². The Morgan fingerprint density at radius 1 is 1.31 bits per heavy atom. The average molecular weight is 190 g/mol. The minimum absolute atomic E-state index is 0.0320. The van der Waals surface area contributed by atoms with Crippen LogP contribution in [0.3, 0.4) is 0 Å². The molecule has 2 N–H and O–H groups in total. The van der Waals surface area contributed by atoms with Gasteiger partial charge in [0.25, 0.3) is 0 Å². The van der Waals surface area contributed by atoms with Crippen molar-refractivity contribution in [3.8, 4) is 0 Å². The largest absolute Gasteiger partial charge is 0.467 e. The Morgan fingerprint density at radius 2 is 2.08 bits per heavy atom. The maximum absolute atomic E-state index is 10.6. The Balaban J connectivity index is 2.95. The van der Waals surface area contributed by atoms with Crippen LogP contribution in [0.4, 0.5) is 0 Å². The molecule has 0 saturated heterocycles. The summed E-state index contributed by atoms with van der Waals surface area (Å²) in [6, 6.07) is 0. The first-order valence-electron chi connectivity index (χ1n) is 4.31. The maximum atomic E-state index is 10.6. The van der Waals surface area contributed by atoms with Crippen molar-refractivity contribution < 1.29 is 14.3 Å². The molecule has 0 aromatic heterocycles. The number of hydrogen-bond acceptors (Lipinski definition) is 5.